The highest BCUT2D eigenvalue weighted by atomic mass is 16.5. The van der Waals surface area contributed by atoms with Gasteiger partial charge in [0.15, 0.2) is 5.82 Å². The average molecular weight is 443 g/mol. The first-order valence-electron chi connectivity index (χ1n) is 10.9. The minimum atomic E-state index is -0.595. The largest absolute Gasteiger partial charge is 0.491 e. The second-order valence-electron chi connectivity index (χ2n) is 8.80. The van der Waals surface area contributed by atoms with Gasteiger partial charge in [0, 0.05) is 37.0 Å². The fourth-order valence-corrected chi connectivity index (χ4v) is 3.40. The zero-order valence-corrected chi connectivity index (χ0v) is 19.3. The minimum absolute atomic E-state index is 0.188. The molecule has 1 saturated heterocycles. The third-order valence-corrected chi connectivity index (χ3v) is 4.85. The van der Waals surface area contributed by atoms with E-state index in [1.54, 1.807) is 7.05 Å². The molecule has 2 aromatic rings. The van der Waals surface area contributed by atoms with Crippen LogP contribution in [0.25, 0.3) is 11.4 Å². The highest BCUT2D eigenvalue weighted by Crippen LogP contribution is 2.30. The quantitative estimate of drug-likeness (QED) is 0.437. The molecular weight excluding hydrogens is 408 g/mol. The first-order chi connectivity index (χ1) is 15.3. The van der Waals surface area contributed by atoms with E-state index in [9.17, 15) is 5.11 Å². The number of hydrogen-bond acceptors (Lipinski definition) is 9. The van der Waals surface area contributed by atoms with Crippen LogP contribution >= 0.6 is 0 Å². The van der Waals surface area contributed by atoms with Gasteiger partial charge in [-0.05, 0) is 40.0 Å². The Bertz CT molecular complexity index is 909. The lowest BCUT2D eigenvalue weighted by molar-refractivity contribution is 0.108. The van der Waals surface area contributed by atoms with E-state index in [1.807, 2.05) is 24.3 Å². The third-order valence-electron chi connectivity index (χ3n) is 4.85. The van der Waals surface area contributed by atoms with E-state index in [1.165, 1.54) is 6.21 Å². The second kappa shape index (κ2) is 10.7. The number of nitrogens with one attached hydrogen (secondary N) is 3. The van der Waals surface area contributed by atoms with Crippen LogP contribution in [-0.2, 0) is 4.74 Å². The number of benzene rings is 1. The second-order valence-corrected chi connectivity index (χ2v) is 8.80. The van der Waals surface area contributed by atoms with E-state index in [0.29, 0.717) is 55.8 Å². The third kappa shape index (κ3) is 6.38. The smallest absolute Gasteiger partial charge is 0.164 e. The van der Waals surface area contributed by atoms with Crippen molar-refractivity contribution in [3.63, 3.8) is 0 Å². The maximum absolute atomic E-state index is 9.92. The Morgan fingerprint density at radius 1 is 1.28 bits per heavy atom. The van der Waals surface area contributed by atoms with Crippen molar-refractivity contribution < 1.29 is 14.6 Å². The summed E-state index contributed by atoms with van der Waals surface area (Å²) in [5, 5.41) is 24.3. The van der Waals surface area contributed by atoms with Gasteiger partial charge in [0.1, 0.15) is 30.1 Å². The molecule has 174 valence electrons. The number of aromatic nitrogens is 2. The van der Waals surface area contributed by atoms with Crippen molar-refractivity contribution in [2.45, 2.75) is 32.4 Å². The molecule has 9 heteroatoms. The summed E-state index contributed by atoms with van der Waals surface area (Å²) in [5.74, 6) is 2.52. The Balaban J connectivity index is 1.99. The number of aliphatic hydroxyl groups excluding tert-OH is 1. The van der Waals surface area contributed by atoms with Crippen molar-refractivity contribution in [2.24, 2.45) is 0 Å². The summed E-state index contributed by atoms with van der Waals surface area (Å²) >= 11 is 0. The Labute approximate surface area is 189 Å². The molecule has 0 radical (unpaired) electrons. The van der Waals surface area contributed by atoms with Crippen molar-refractivity contribution in [2.75, 3.05) is 56.7 Å². The first kappa shape index (κ1) is 23.9. The van der Waals surface area contributed by atoms with Gasteiger partial charge in [-0.25, -0.2) is 9.97 Å². The van der Waals surface area contributed by atoms with E-state index < -0.39 is 6.10 Å². The van der Waals surface area contributed by atoms with Gasteiger partial charge in [0.2, 0.25) is 0 Å². The predicted molar refractivity (Wildman–Crippen MR) is 127 cm³/mol. The highest BCUT2D eigenvalue weighted by molar-refractivity contribution is 5.92. The Hall–Kier alpha value is -2.75. The van der Waals surface area contributed by atoms with E-state index in [2.05, 4.69) is 36.3 Å². The normalized spacial score (nSPS) is 15.3. The molecule has 0 bridgehead atoms. The van der Waals surface area contributed by atoms with Gasteiger partial charge in [0.25, 0.3) is 0 Å². The van der Waals surface area contributed by atoms with E-state index in [0.717, 1.165) is 11.4 Å². The fourth-order valence-electron chi connectivity index (χ4n) is 3.40. The van der Waals surface area contributed by atoms with Gasteiger partial charge in [-0.1, -0.05) is 12.1 Å². The van der Waals surface area contributed by atoms with Gasteiger partial charge in [0.05, 0.1) is 18.8 Å². The molecule has 0 saturated carbocycles. The summed E-state index contributed by atoms with van der Waals surface area (Å²) in [6.07, 6.45) is 0.716. The lowest BCUT2D eigenvalue weighted by atomic mass is 10.1. The van der Waals surface area contributed by atoms with Crippen molar-refractivity contribution in [1.82, 2.24) is 15.3 Å². The number of rotatable bonds is 9. The zero-order valence-electron chi connectivity index (χ0n) is 19.3. The molecule has 1 aliphatic rings. The molecule has 1 aromatic heterocycles. The number of hydrogen-bond donors (Lipinski definition) is 4. The van der Waals surface area contributed by atoms with Gasteiger partial charge in [-0.3, -0.25) is 0 Å². The zero-order chi connectivity index (χ0) is 23.1. The number of aliphatic hydroxyl groups is 1. The van der Waals surface area contributed by atoms with Crippen LogP contribution in [0, 0.1) is 5.41 Å². The van der Waals surface area contributed by atoms with Gasteiger partial charge in [-0.2, -0.15) is 0 Å². The highest BCUT2D eigenvalue weighted by Gasteiger charge is 2.23. The number of nitrogens with zero attached hydrogens (tertiary/aromatic N) is 3. The van der Waals surface area contributed by atoms with Crippen LogP contribution in [0.2, 0.25) is 0 Å². The van der Waals surface area contributed by atoms with Gasteiger partial charge in [-0.15, -0.1) is 0 Å². The van der Waals surface area contributed by atoms with Crippen molar-refractivity contribution in [1.29, 1.82) is 5.41 Å². The summed E-state index contributed by atoms with van der Waals surface area (Å²) < 4.78 is 11.3. The van der Waals surface area contributed by atoms with Crippen LogP contribution in [-0.4, -0.2) is 79.4 Å². The molecule has 0 amide bonds. The molecule has 1 aromatic carbocycles. The fraction of sp³-hybridized carbons (Fsp3) is 0.522. The van der Waals surface area contributed by atoms with E-state index >= 15 is 0 Å². The van der Waals surface area contributed by atoms with Crippen LogP contribution in [0.5, 0.6) is 5.75 Å². The lowest BCUT2D eigenvalue weighted by Crippen LogP contribution is -2.38. The monoisotopic (exact) mass is 442 g/mol. The molecule has 1 fully saturated rings. The molecule has 32 heavy (non-hydrogen) atoms. The van der Waals surface area contributed by atoms with Crippen molar-refractivity contribution in [3.05, 3.63) is 29.8 Å². The SMILES string of the molecule is CNCC(O)COc1cccc(-c2nc(NC(C)(C)C)c(C=N)c(N3CCOCC3)n2)c1. The summed E-state index contributed by atoms with van der Waals surface area (Å²) in [6, 6.07) is 7.53. The Morgan fingerprint density at radius 3 is 2.69 bits per heavy atom. The van der Waals surface area contributed by atoms with Crippen LogP contribution in [0.1, 0.15) is 26.3 Å². The standard InChI is InChI=1S/C23H34N6O3/c1-23(2,3)28-21-19(13-24)22(29-8-10-31-11-9-29)27-20(26-21)16-6-5-7-18(12-16)32-15-17(30)14-25-4/h5-7,12-13,17,24-25,30H,8-11,14-15H2,1-4H3,(H,26,27,28). The molecule has 1 aliphatic heterocycles. The minimum Gasteiger partial charge on any atom is -0.491 e. The summed E-state index contributed by atoms with van der Waals surface area (Å²) in [7, 11) is 1.79. The number of likely N-dealkylation sites (N-methyl/N-ethyl adjacent to an activating group) is 1. The molecule has 1 unspecified atom stereocenters. The maximum Gasteiger partial charge on any atom is 0.164 e. The molecule has 1 atom stereocenters. The van der Waals surface area contributed by atoms with Crippen LogP contribution < -0.4 is 20.3 Å². The molecule has 2 heterocycles. The van der Waals surface area contributed by atoms with Crippen LogP contribution in [0.3, 0.4) is 0 Å². The van der Waals surface area contributed by atoms with E-state index in [-0.39, 0.29) is 12.1 Å². The lowest BCUT2D eigenvalue weighted by Gasteiger charge is -2.31. The van der Waals surface area contributed by atoms with Crippen molar-refractivity contribution >= 4 is 17.9 Å². The summed E-state index contributed by atoms with van der Waals surface area (Å²) in [6.45, 7) is 9.48. The molecule has 0 aliphatic carbocycles. The number of ether oxygens (including phenoxy) is 2. The molecule has 3 rings (SSSR count). The van der Waals surface area contributed by atoms with Gasteiger partial charge >= 0.3 is 0 Å². The first-order valence-corrected chi connectivity index (χ1v) is 10.9. The van der Waals surface area contributed by atoms with Crippen LogP contribution in [0.4, 0.5) is 11.6 Å². The molecule has 0 spiro atoms. The maximum atomic E-state index is 9.92. The van der Waals surface area contributed by atoms with Gasteiger partial charge < -0.3 is 35.5 Å². The summed E-state index contributed by atoms with van der Waals surface area (Å²) in [5.41, 5.74) is 1.22. The van der Waals surface area contributed by atoms with Crippen LogP contribution in [0.15, 0.2) is 24.3 Å². The number of anilines is 2. The topological polar surface area (TPSA) is 116 Å². The summed E-state index contributed by atoms with van der Waals surface area (Å²) in [4.78, 5) is 11.8. The Kier molecular flexibility index (Phi) is 8.00. The van der Waals surface area contributed by atoms with Crippen molar-refractivity contribution in [3.8, 4) is 17.1 Å². The number of morpholine rings is 1. The molecule has 9 nitrogen and oxygen atoms in total. The molecule has 4 N–H and O–H groups in total. The Morgan fingerprint density at radius 2 is 2.03 bits per heavy atom. The molecular formula is C23H34N6O3. The predicted octanol–water partition coefficient (Wildman–Crippen LogP) is 2.15. The average Bonchev–Trinajstić information content (AvgIpc) is 2.77. The van der Waals surface area contributed by atoms with E-state index in [4.69, 9.17) is 24.9 Å².